The zero-order valence-corrected chi connectivity index (χ0v) is 11.5. The predicted octanol–water partition coefficient (Wildman–Crippen LogP) is 5.27. The molecule has 0 atom stereocenters. The smallest absolute Gasteiger partial charge is 0.0143 e. The van der Waals surface area contributed by atoms with Crippen molar-refractivity contribution in [1.29, 1.82) is 0 Å². The van der Waals surface area contributed by atoms with E-state index in [2.05, 4.69) is 76.3 Å². The van der Waals surface area contributed by atoms with Crippen LogP contribution >= 0.6 is 0 Å². The monoisotopic (exact) mass is 228 g/mol. The lowest BCUT2D eigenvalue weighted by Crippen LogP contribution is -2.19. The van der Waals surface area contributed by atoms with Gasteiger partial charge in [-0.05, 0) is 24.5 Å². The molecule has 1 aromatic carbocycles. The van der Waals surface area contributed by atoms with Crippen molar-refractivity contribution in [2.75, 3.05) is 0 Å². The zero-order chi connectivity index (χ0) is 12.7. The van der Waals surface area contributed by atoms with Crippen molar-refractivity contribution in [3.8, 4) is 0 Å². The Balaban J connectivity index is 2.95. The first-order valence-electron chi connectivity index (χ1n) is 6.51. The fraction of sp³-hybridized carbons (Fsp3) is 0.412. The van der Waals surface area contributed by atoms with E-state index >= 15 is 0 Å². The van der Waals surface area contributed by atoms with Gasteiger partial charge in [-0.3, -0.25) is 0 Å². The molecule has 0 fully saturated rings. The molecule has 0 nitrogen and oxygen atoms in total. The first-order chi connectivity index (χ1) is 8.12. The Hall–Kier alpha value is -1.30. The average Bonchev–Trinajstić information content (AvgIpc) is 2.35. The van der Waals surface area contributed by atoms with E-state index in [1.165, 1.54) is 17.6 Å². The number of allylic oxidation sites excluding steroid dienone is 4. The average molecular weight is 228 g/mol. The summed E-state index contributed by atoms with van der Waals surface area (Å²) in [7, 11) is 0. The fourth-order valence-electron chi connectivity index (χ4n) is 2.06. The van der Waals surface area contributed by atoms with Crippen molar-refractivity contribution in [3.05, 3.63) is 59.7 Å². The van der Waals surface area contributed by atoms with Crippen LogP contribution < -0.4 is 0 Å². The van der Waals surface area contributed by atoms with Crippen LogP contribution in [-0.2, 0) is 5.41 Å². The maximum atomic E-state index is 2.29. The highest BCUT2D eigenvalue weighted by Gasteiger charge is 2.22. The van der Waals surface area contributed by atoms with Crippen LogP contribution in [0.5, 0.6) is 0 Å². The van der Waals surface area contributed by atoms with E-state index < -0.39 is 0 Å². The molecule has 0 unspecified atom stereocenters. The lowest BCUT2D eigenvalue weighted by atomic mass is 9.77. The van der Waals surface area contributed by atoms with Gasteiger partial charge in [-0.2, -0.15) is 0 Å². The van der Waals surface area contributed by atoms with E-state index in [9.17, 15) is 0 Å². The van der Waals surface area contributed by atoms with Crippen molar-refractivity contribution >= 4 is 0 Å². The molecule has 1 rings (SSSR count). The summed E-state index contributed by atoms with van der Waals surface area (Å²) < 4.78 is 0. The maximum absolute atomic E-state index is 2.29. The summed E-state index contributed by atoms with van der Waals surface area (Å²) in [6.07, 6.45) is 9.14. The SMILES string of the molecule is C/C=C(\C=C/CCC)C(C)(C)c1ccccc1. The van der Waals surface area contributed by atoms with Crippen molar-refractivity contribution in [1.82, 2.24) is 0 Å². The van der Waals surface area contributed by atoms with Gasteiger partial charge in [0.25, 0.3) is 0 Å². The molecule has 0 saturated heterocycles. The van der Waals surface area contributed by atoms with E-state index in [4.69, 9.17) is 0 Å². The number of unbranched alkanes of at least 4 members (excludes halogenated alkanes) is 1. The Labute approximate surface area is 106 Å². The van der Waals surface area contributed by atoms with Gasteiger partial charge in [0.05, 0.1) is 0 Å². The van der Waals surface area contributed by atoms with E-state index in [0.29, 0.717) is 0 Å². The third-order valence-electron chi connectivity index (χ3n) is 3.28. The molecule has 0 bridgehead atoms. The second-order valence-electron chi connectivity index (χ2n) is 4.93. The molecule has 0 spiro atoms. The first-order valence-corrected chi connectivity index (χ1v) is 6.51. The third-order valence-corrected chi connectivity index (χ3v) is 3.28. The number of hydrogen-bond acceptors (Lipinski definition) is 0. The van der Waals surface area contributed by atoms with Crippen LogP contribution in [0.25, 0.3) is 0 Å². The summed E-state index contributed by atoms with van der Waals surface area (Å²) in [4.78, 5) is 0. The summed E-state index contributed by atoms with van der Waals surface area (Å²) in [5.41, 5.74) is 2.84. The van der Waals surface area contributed by atoms with Crippen LogP contribution in [0.2, 0.25) is 0 Å². The Morgan fingerprint density at radius 2 is 1.82 bits per heavy atom. The molecule has 0 aliphatic carbocycles. The second-order valence-corrected chi connectivity index (χ2v) is 4.93. The van der Waals surface area contributed by atoms with E-state index in [0.717, 1.165) is 6.42 Å². The molecule has 0 aliphatic heterocycles. The molecule has 0 radical (unpaired) electrons. The minimum atomic E-state index is 0.0836. The molecule has 0 aromatic heterocycles. The second kappa shape index (κ2) is 6.44. The molecule has 92 valence electrons. The van der Waals surface area contributed by atoms with Crippen LogP contribution in [0.15, 0.2) is 54.1 Å². The maximum Gasteiger partial charge on any atom is 0.0143 e. The van der Waals surface area contributed by atoms with Crippen LogP contribution in [0.4, 0.5) is 0 Å². The van der Waals surface area contributed by atoms with Crippen LogP contribution in [-0.4, -0.2) is 0 Å². The summed E-state index contributed by atoms with van der Waals surface area (Å²) in [5, 5.41) is 0. The van der Waals surface area contributed by atoms with Gasteiger partial charge >= 0.3 is 0 Å². The topological polar surface area (TPSA) is 0 Å². The lowest BCUT2D eigenvalue weighted by molar-refractivity contribution is 0.637. The lowest BCUT2D eigenvalue weighted by Gasteiger charge is -2.27. The van der Waals surface area contributed by atoms with Gasteiger partial charge in [0, 0.05) is 5.41 Å². The van der Waals surface area contributed by atoms with Gasteiger partial charge in [0.15, 0.2) is 0 Å². The van der Waals surface area contributed by atoms with Crippen molar-refractivity contribution in [3.63, 3.8) is 0 Å². The first kappa shape index (κ1) is 13.8. The van der Waals surface area contributed by atoms with Crippen LogP contribution in [0.1, 0.15) is 46.1 Å². The Morgan fingerprint density at radius 1 is 1.18 bits per heavy atom. The third kappa shape index (κ3) is 3.59. The van der Waals surface area contributed by atoms with Gasteiger partial charge in [-0.15, -0.1) is 0 Å². The normalized spacial score (nSPS) is 13.3. The molecule has 0 aliphatic rings. The summed E-state index contributed by atoms with van der Waals surface area (Å²) in [5.74, 6) is 0. The summed E-state index contributed by atoms with van der Waals surface area (Å²) in [6.45, 7) is 8.90. The summed E-state index contributed by atoms with van der Waals surface area (Å²) in [6, 6.07) is 10.7. The Bertz CT molecular complexity index is 380. The minimum absolute atomic E-state index is 0.0836. The van der Waals surface area contributed by atoms with Crippen molar-refractivity contribution in [2.24, 2.45) is 0 Å². The molecular formula is C17H24. The van der Waals surface area contributed by atoms with E-state index in [1.807, 2.05) is 0 Å². The number of benzene rings is 1. The quantitative estimate of drug-likeness (QED) is 0.602. The molecule has 1 aromatic rings. The van der Waals surface area contributed by atoms with Gasteiger partial charge in [0.1, 0.15) is 0 Å². The van der Waals surface area contributed by atoms with Crippen molar-refractivity contribution < 1.29 is 0 Å². The van der Waals surface area contributed by atoms with Crippen LogP contribution in [0, 0.1) is 0 Å². The molecule has 0 saturated carbocycles. The fourth-order valence-corrected chi connectivity index (χ4v) is 2.06. The van der Waals surface area contributed by atoms with Gasteiger partial charge in [-0.25, -0.2) is 0 Å². The predicted molar refractivity (Wildman–Crippen MR) is 77.3 cm³/mol. The standard InChI is InChI=1S/C17H24/c1-5-7-9-12-15(6-2)17(3,4)16-13-10-8-11-14-16/h6,8-14H,5,7H2,1-4H3/b12-9-,15-6+. The Morgan fingerprint density at radius 3 is 2.35 bits per heavy atom. The molecule has 0 heteroatoms. The van der Waals surface area contributed by atoms with Crippen molar-refractivity contribution in [2.45, 2.75) is 46.0 Å². The highest BCUT2D eigenvalue weighted by atomic mass is 14.3. The minimum Gasteiger partial charge on any atom is -0.0843 e. The number of rotatable bonds is 5. The van der Waals surface area contributed by atoms with Crippen LogP contribution in [0.3, 0.4) is 0 Å². The van der Waals surface area contributed by atoms with Gasteiger partial charge < -0.3 is 0 Å². The zero-order valence-electron chi connectivity index (χ0n) is 11.5. The molecule has 17 heavy (non-hydrogen) atoms. The molecule has 0 heterocycles. The number of hydrogen-bond donors (Lipinski definition) is 0. The highest BCUT2D eigenvalue weighted by molar-refractivity contribution is 5.39. The molecule has 0 N–H and O–H groups in total. The van der Waals surface area contributed by atoms with Gasteiger partial charge in [-0.1, -0.05) is 75.8 Å². The molecule has 0 amide bonds. The summed E-state index contributed by atoms with van der Waals surface area (Å²) >= 11 is 0. The molecular weight excluding hydrogens is 204 g/mol. The largest absolute Gasteiger partial charge is 0.0843 e. The Kier molecular flexibility index (Phi) is 5.21. The van der Waals surface area contributed by atoms with E-state index in [1.54, 1.807) is 0 Å². The van der Waals surface area contributed by atoms with E-state index in [-0.39, 0.29) is 5.41 Å². The van der Waals surface area contributed by atoms with Gasteiger partial charge in [0.2, 0.25) is 0 Å². The highest BCUT2D eigenvalue weighted by Crippen LogP contribution is 2.32.